The van der Waals surface area contributed by atoms with Gasteiger partial charge in [-0.2, -0.15) is 0 Å². The quantitative estimate of drug-likeness (QED) is 0.175. The average Bonchev–Trinajstić information content (AvgIpc) is 3.83. The van der Waals surface area contributed by atoms with E-state index in [2.05, 4.69) is 216 Å². The van der Waals surface area contributed by atoms with Crippen LogP contribution in [-0.4, -0.2) is 6.04 Å². The van der Waals surface area contributed by atoms with Gasteiger partial charge in [0.1, 0.15) is 0 Å². The molecule has 2 nitrogen and oxygen atoms in total. The van der Waals surface area contributed by atoms with Crippen LogP contribution in [0.2, 0.25) is 0 Å². The summed E-state index contributed by atoms with van der Waals surface area (Å²) in [4.78, 5) is 5.36. The molecule has 0 amide bonds. The Kier molecular flexibility index (Phi) is 9.77. The van der Waals surface area contributed by atoms with Crippen molar-refractivity contribution in [3.8, 4) is 11.1 Å². The Bertz CT molecular complexity index is 2780. The van der Waals surface area contributed by atoms with Crippen molar-refractivity contribution in [3.05, 3.63) is 251 Å². The maximum atomic E-state index is 2.76. The average molecular weight is 817 g/mol. The van der Waals surface area contributed by atoms with Gasteiger partial charge in [-0.15, -0.1) is 0 Å². The van der Waals surface area contributed by atoms with Crippen LogP contribution in [0, 0.1) is 23.7 Å². The Morgan fingerprint density at radius 3 is 2.21 bits per heavy atom. The Morgan fingerprint density at radius 2 is 1.40 bits per heavy atom. The molecule has 0 radical (unpaired) electrons. The Labute approximate surface area is 374 Å². The van der Waals surface area contributed by atoms with E-state index in [1.54, 1.807) is 0 Å². The lowest BCUT2D eigenvalue weighted by Gasteiger charge is -2.45. The molecule has 0 bridgehead atoms. The number of hydrogen-bond acceptors (Lipinski definition) is 2. The molecule has 0 heterocycles. The molecule has 4 aromatic rings. The third-order valence-electron chi connectivity index (χ3n) is 15.6. The van der Waals surface area contributed by atoms with Crippen LogP contribution in [0.5, 0.6) is 0 Å². The Balaban J connectivity index is 0.996. The van der Waals surface area contributed by atoms with Gasteiger partial charge in [-0.1, -0.05) is 170 Å². The molecule has 1 spiro atoms. The van der Waals surface area contributed by atoms with Crippen LogP contribution in [0.3, 0.4) is 0 Å². The van der Waals surface area contributed by atoms with Gasteiger partial charge in [0.05, 0.1) is 6.04 Å². The third kappa shape index (κ3) is 6.36. The molecule has 7 atom stereocenters. The minimum atomic E-state index is -0.174. The van der Waals surface area contributed by atoms with Crippen molar-refractivity contribution >= 4 is 11.4 Å². The number of rotatable bonds is 8. The minimum Gasteiger partial charge on any atom is -0.338 e. The second kappa shape index (κ2) is 16.1. The zero-order valence-electron chi connectivity index (χ0n) is 36.1. The number of allylic oxidation sites excluding steroid dienone is 19. The summed E-state index contributed by atoms with van der Waals surface area (Å²) in [6.07, 6.45) is 49.7. The lowest BCUT2D eigenvalue weighted by Crippen LogP contribution is -2.42. The molecule has 2 heteroatoms. The molecule has 1 fully saturated rings. The highest BCUT2D eigenvalue weighted by Gasteiger charge is 2.65. The van der Waals surface area contributed by atoms with E-state index in [4.69, 9.17) is 0 Å². The summed E-state index contributed by atoms with van der Waals surface area (Å²) in [5, 5.41) is 0. The molecule has 0 aromatic heterocycles. The second-order valence-corrected chi connectivity index (χ2v) is 18.7. The molecular formula is C61H56N2. The van der Waals surface area contributed by atoms with E-state index in [1.807, 2.05) is 0 Å². The van der Waals surface area contributed by atoms with Crippen molar-refractivity contribution in [1.29, 1.82) is 0 Å². The van der Waals surface area contributed by atoms with Crippen LogP contribution in [0.15, 0.2) is 235 Å². The molecular weight excluding hydrogens is 761 g/mol. The van der Waals surface area contributed by atoms with E-state index in [1.165, 1.54) is 73.9 Å². The topological polar surface area (TPSA) is 6.48 Å². The number of anilines is 2. The Hall–Kier alpha value is -6.38. The maximum Gasteiger partial charge on any atom is 0.0557 e. The van der Waals surface area contributed by atoms with Gasteiger partial charge in [0.25, 0.3) is 0 Å². The largest absolute Gasteiger partial charge is 0.338 e. The molecule has 0 saturated heterocycles. The van der Waals surface area contributed by atoms with E-state index in [9.17, 15) is 0 Å². The monoisotopic (exact) mass is 816 g/mol. The third-order valence-corrected chi connectivity index (χ3v) is 15.6. The molecule has 1 saturated carbocycles. The summed E-state index contributed by atoms with van der Waals surface area (Å²) in [6, 6.07) is 39.7. The molecule has 8 aliphatic rings. The number of hydrogen-bond donors (Lipinski definition) is 0. The predicted molar refractivity (Wildman–Crippen MR) is 263 cm³/mol. The van der Waals surface area contributed by atoms with E-state index in [-0.39, 0.29) is 11.5 Å². The van der Waals surface area contributed by atoms with Gasteiger partial charge in [0.15, 0.2) is 0 Å². The number of benzene rings is 4. The molecule has 0 N–H and O–H groups in total. The van der Waals surface area contributed by atoms with E-state index in [0.717, 1.165) is 44.9 Å². The number of nitrogens with zero attached hydrogens (tertiary/aromatic N) is 2. The molecule has 12 rings (SSSR count). The molecule has 4 aromatic carbocycles. The zero-order valence-corrected chi connectivity index (χ0v) is 36.1. The number of para-hydroxylation sites is 1. The van der Waals surface area contributed by atoms with Crippen LogP contribution >= 0.6 is 0 Å². The highest BCUT2D eigenvalue weighted by atomic mass is 15.2. The standard InChI is InChI=1S/C61H56N2/c1-5-19-43(20-6-1)45-35-37-49(38-36-45)63(48-26-11-4-12-27-48)59-34-18-33-57-60(59)54-30-14-16-32-56(54)61(57)55-31-15-13-29-52(55)53-40-39-51(42-58(53)61)62(47-24-9-3-10-25-47)50-28-17-23-46(41-50)44-21-7-2-8-22-44/h1-5,7-9,11-17,19,21-22,24,26-32,34-37,39-42,46,49,54,56-57,60H,6,10,18,20,23,25,33,38H2. The van der Waals surface area contributed by atoms with Crippen LogP contribution in [0.4, 0.5) is 11.4 Å². The van der Waals surface area contributed by atoms with Crippen molar-refractivity contribution < 1.29 is 0 Å². The first kappa shape index (κ1) is 38.3. The number of fused-ring (bicyclic) bond motifs is 10. The van der Waals surface area contributed by atoms with Crippen molar-refractivity contribution in [2.75, 3.05) is 9.80 Å². The molecule has 0 aliphatic heterocycles. The maximum absolute atomic E-state index is 2.76. The van der Waals surface area contributed by atoms with Crippen molar-refractivity contribution in [1.82, 2.24) is 0 Å². The van der Waals surface area contributed by atoms with Gasteiger partial charge < -0.3 is 9.80 Å². The second-order valence-electron chi connectivity index (χ2n) is 18.7. The zero-order chi connectivity index (χ0) is 41.7. The van der Waals surface area contributed by atoms with E-state index in [0.29, 0.717) is 29.6 Å². The summed E-state index contributed by atoms with van der Waals surface area (Å²) >= 11 is 0. The normalized spacial score (nSPS) is 28.3. The lowest BCUT2D eigenvalue weighted by molar-refractivity contribution is 0.278. The van der Waals surface area contributed by atoms with Gasteiger partial charge in [0.2, 0.25) is 0 Å². The fourth-order valence-electron chi connectivity index (χ4n) is 13.1. The summed E-state index contributed by atoms with van der Waals surface area (Å²) in [5.74, 6) is 1.82. The minimum absolute atomic E-state index is 0.174. The van der Waals surface area contributed by atoms with Crippen molar-refractivity contribution in [2.45, 2.75) is 68.7 Å². The summed E-state index contributed by atoms with van der Waals surface area (Å²) in [6.45, 7) is 0. The van der Waals surface area contributed by atoms with Crippen LogP contribution in [0.1, 0.15) is 74.0 Å². The van der Waals surface area contributed by atoms with Crippen LogP contribution in [0.25, 0.3) is 11.1 Å². The SMILES string of the molecule is C1=CCCC(C2=CCC(N(C3=CCCC4C3C3C=CC=CC3C43c4ccccc4-c4ccc(N(C5=CC(c6ccccc6)CC=C5)C5=CC=CCC5)cc43)c3ccccc3)C=C2)=C1. The fourth-order valence-corrected chi connectivity index (χ4v) is 13.1. The molecule has 63 heavy (non-hydrogen) atoms. The van der Waals surface area contributed by atoms with Crippen molar-refractivity contribution in [3.63, 3.8) is 0 Å². The van der Waals surface area contributed by atoms with Gasteiger partial charge in [-0.25, -0.2) is 0 Å². The van der Waals surface area contributed by atoms with Gasteiger partial charge in [0, 0.05) is 45.7 Å². The fraction of sp³-hybridized carbons (Fsp3) is 0.246. The van der Waals surface area contributed by atoms with Gasteiger partial charge in [-0.05, 0) is 145 Å². The van der Waals surface area contributed by atoms with Gasteiger partial charge >= 0.3 is 0 Å². The lowest BCUT2D eigenvalue weighted by atomic mass is 9.61. The summed E-state index contributed by atoms with van der Waals surface area (Å²) < 4.78 is 0. The molecule has 310 valence electrons. The molecule has 8 aliphatic carbocycles. The van der Waals surface area contributed by atoms with Crippen LogP contribution < -0.4 is 9.80 Å². The first-order valence-electron chi connectivity index (χ1n) is 23.7. The summed E-state index contributed by atoms with van der Waals surface area (Å²) in [5.41, 5.74) is 16.7. The van der Waals surface area contributed by atoms with Crippen LogP contribution in [-0.2, 0) is 5.41 Å². The van der Waals surface area contributed by atoms with Gasteiger partial charge in [-0.3, -0.25) is 0 Å². The van der Waals surface area contributed by atoms with E-state index < -0.39 is 0 Å². The highest BCUT2D eigenvalue weighted by molar-refractivity contribution is 5.85. The van der Waals surface area contributed by atoms with Crippen molar-refractivity contribution in [2.24, 2.45) is 23.7 Å². The first-order chi connectivity index (χ1) is 31.3. The highest BCUT2D eigenvalue weighted by Crippen LogP contribution is 2.70. The summed E-state index contributed by atoms with van der Waals surface area (Å²) in [7, 11) is 0. The first-order valence-corrected chi connectivity index (χ1v) is 23.7. The predicted octanol–water partition coefficient (Wildman–Crippen LogP) is 14.9. The smallest absolute Gasteiger partial charge is 0.0557 e. The van der Waals surface area contributed by atoms with E-state index >= 15 is 0 Å². The Morgan fingerprint density at radius 1 is 0.603 bits per heavy atom. The molecule has 7 unspecified atom stereocenters.